The van der Waals surface area contributed by atoms with Crippen molar-refractivity contribution in [3.05, 3.63) is 34.4 Å². The molecular formula is C12H15N3S. The first-order valence-electron chi connectivity index (χ1n) is 5.46. The maximum absolute atomic E-state index is 5.27. The predicted octanol–water partition coefficient (Wildman–Crippen LogP) is 3.40. The van der Waals surface area contributed by atoms with Crippen LogP contribution in [-0.4, -0.2) is 15.0 Å². The Kier molecular flexibility index (Phi) is 3.19. The minimum atomic E-state index is 0.687. The lowest BCUT2D eigenvalue weighted by Gasteiger charge is -2.07. The lowest BCUT2D eigenvalue weighted by atomic mass is 10.2. The summed E-state index contributed by atoms with van der Waals surface area (Å²) in [5, 5.41) is 0. The molecule has 0 aliphatic heterocycles. The zero-order valence-corrected chi connectivity index (χ0v) is 10.3. The number of nitrogens with one attached hydrogen (secondary N) is 2. The Balaban J connectivity index is 2.56. The molecule has 2 heterocycles. The summed E-state index contributed by atoms with van der Waals surface area (Å²) in [4.78, 5) is 10.9. The van der Waals surface area contributed by atoms with Crippen LogP contribution in [0.15, 0.2) is 18.3 Å². The average Bonchev–Trinajstić information content (AvgIpc) is 2.76. The van der Waals surface area contributed by atoms with Crippen LogP contribution >= 0.6 is 12.2 Å². The number of aromatic nitrogens is 3. The van der Waals surface area contributed by atoms with Gasteiger partial charge in [0.1, 0.15) is 10.5 Å². The SMILES string of the molecule is CCCc1nc(=S)c(C)c(-c2ccc[nH]2)[nH]1. The Morgan fingerprint density at radius 1 is 1.44 bits per heavy atom. The van der Waals surface area contributed by atoms with E-state index in [1.165, 1.54) is 0 Å². The maximum Gasteiger partial charge on any atom is 0.133 e. The Labute approximate surface area is 100.0 Å². The smallest absolute Gasteiger partial charge is 0.133 e. The van der Waals surface area contributed by atoms with Crippen molar-refractivity contribution in [3.8, 4) is 11.4 Å². The number of hydrogen-bond donors (Lipinski definition) is 2. The topological polar surface area (TPSA) is 44.5 Å². The van der Waals surface area contributed by atoms with Gasteiger partial charge in [-0.2, -0.15) is 0 Å². The third kappa shape index (κ3) is 2.07. The molecular weight excluding hydrogens is 218 g/mol. The number of nitrogens with zero attached hydrogens (tertiary/aromatic N) is 1. The molecule has 0 aliphatic rings. The molecule has 0 amide bonds. The molecule has 0 spiro atoms. The van der Waals surface area contributed by atoms with Gasteiger partial charge in [-0.1, -0.05) is 19.1 Å². The minimum Gasteiger partial charge on any atom is -0.360 e. The molecule has 0 radical (unpaired) electrons. The van der Waals surface area contributed by atoms with Crippen molar-refractivity contribution in [1.82, 2.24) is 15.0 Å². The Morgan fingerprint density at radius 3 is 2.88 bits per heavy atom. The molecule has 0 saturated heterocycles. The van der Waals surface area contributed by atoms with E-state index in [1.807, 2.05) is 25.3 Å². The maximum atomic E-state index is 5.27. The van der Waals surface area contributed by atoms with Crippen LogP contribution in [0.4, 0.5) is 0 Å². The molecule has 0 aliphatic carbocycles. The average molecular weight is 233 g/mol. The highest BCUT2D eigenvalue weighted by molar-refractivity contribution is 7.71. The van der Waals surface area contributed by atoms with Gasteiger partial charge in [0.15, 0.2) is 0 Å². The van der Waals surface area contributed by atoms with Crippen LogP contribution in [-0.2, 0) is 6.42 Å². The van der Waals surface area contributed by atoms with Crippen LogP contribution in [0.2, 0.25) is 0 Å². The summed E-state index contributed by atoms with van der Waals surface area (Å²) in [6.07, 6.45) is 3.90. The van der Waals surface area contributed by atoms with E-state index in [2.05, 4.69) is 21.9 Å². The molecule has 4 heteroatoms. The molecule has 0 fully saturated rings. The van der Waals surface area contributed by atoms with Crippen molar-refractivity contribution in [2.45, 2.75) is 26.7 Å². The summed E-state index contributed by atoms with van der Waals surface area (Å²) in [6.45, 7) is 4.13. The summed E-state index contributed by atoms with van der Waals surface area (Å²) < 4.78 is 0.687. The van der Waals surface area contributed by atoms with Crippen molar-refractivity contribution < 1.29 is 0 Å². The van der Waals surface area contributed by atoms with Gasteiger partial charge in [-0.25, -0.2) is 4.98 Å². The van der Waals surface area contributed by atoms with Crippen molar-refractivity contribution in [1.29, 1.82) is 0 Å². The van der Waals surface area contributed by atoms with E-state index in [0.717, 1.165) is 35.6 Å². The van der Waals surface area contributed by atoms with E-state index in [0.29, 0.717) is 4.64 Å². The van der Waals surface area contributed by atoms with Gasteiger partial charge in [-0.15, -0.1) is 0 Å². The van der Waals surface area contributed by atoms with Gasteiger partial charge in [-0.3, -0.25) is 0 Å². The molecule has 0 unspecified atom stereocenters. The molecule has 0 bridgehead atoms. The molecule has 16 heavy (non-hydrogen) atoms. The second-order valence-electron chi connectivity index (χ2n) is 3.82. The summed E-state index contributed by atoms with van der Waals surface area (Å²) in [6, 6.07) is 4.01. The van der Waals surface area contributed by atoms with Crippen LogP contribution in [0.5, 0.6) is 0 Å². The first-order valence-corrected chi connectivity index (χ1v) is 5.86. The Bertz CT molecular complexity index is 526. The fourth-order valence-electron chi connectivity index (χ4n) is 1.69. The lowest BCUT2D eigenvalue weighted by Crippen LogP contribution is -2.00. The van der Waals surface area contributed by atoms with Gasteiger partial charge in [0.25, 0.3) is 0 Å². The van der Waals surface area contributed by atoms with Gasteiger partial charge in [0, 0.05) is 18.2 Å². The van der Waals surface area contributed by atoms with Crippen molar-refractivity contribution in [2.24, 2.45) is 0 Å². The number of aryl methyl sites for hydroxylation is 1. The summed E-state index contributed by atoms with van der Waals surface area (Å²) in [5.41, 5.74) is 3.13. The largest absolute Gasteiger partial charge is 0.360 e. The molecule has 2 rings (SSSR count). The second-order valence-corrected chi connectivity index (χ2v) is 4.21. The zero-order valence-electron chi connectivity index (χ0n) is 9.50. The van der Waals surface area contributed by atoms with Crippen LogP contribution in [0.25, 0.3) is 11.4 Å². The number of hydrogen-bond acceptors (Lipinski definition) is 2. The number of aromatic amines is 2. The summed E-state index contributed by atoms with van der Waals surface area (Å²) in [7, 11) is 0. The molecule has 2 aromatic rings. The highest BCUT2D eigenvalue weighted by Crippen LogP contribution is 2.19. The quantitative estimate of drug-likeness (QED) is 0.798. The van der Waals surface area contributed by atoms with Crippen molar-refractivity contribution in [3.63, 3.8) is 0 Å². The van der Waals surface area contributed by atoms with E-state index in [-0.39, 0.29) is 0 Å². The zero-order chi connectivity index (χ0) is 11.5. The molecule has 2 N–H and O–H groups in total. The van der Waals surface area contributed by atoms with E-state index < -0.39 is 0 Å². The Hall–Kier alpha value is -1.42. The van der Waals surface area contributed by atoms with Crippen LogP contribution in [0.3, 0.4) is 0 Å². The first kappa shape index (κ1) is 11.1. The highest BCUT2D eigenvalue weighted by Gasteiger charge is 2.07. The van der Waals surface area contributed by atoms with Gasteiger partial charge in [-0.05, 0) is 25.5 Å². The summed E-state index contributed by atoms with van der Waals surface area (Å²) >= 11 is 5.27. The molecule has 3 nitrogen and oxygen atoms in total. The molecule has 0 atom stereocenters. The monoisotopic (exact) mass is 233 g/mol. The molecule has 2 aromatic heterocycles. The van der Waals surface area contributed by atoms with Gasteiger partial charge >= 0.3 is 0 Å². The lowest BCUT2D eigenvalue weighted by molar-refractivity contribution is 0.828. The van der Waals surface area contributed by atoms with Crippen molar-refractivity contribution in [2.75, 3.05) is 0 Å². The molecule has 84 valence electrons. The minimum absolute atomic E-state index is 0.687. The fourth-order valence-corrected chi connectivity index (χ4v) is 1.90. The van der Waals surface area contributed by atoms with Gasteiger partial charge in [0.05, 0.1) is 11.4 Å². The second kappa shape index (κ2) is 4.61. The summed E-state index contributed by atoms with van der Waals surface area (Å²) in [5.74, 6) is 0.961. The predicted molar refractivity (Wildman–Crippen MR) is 67.9 cm³/mol. The van der Waals surface area contributed by atoms with E-state index in [1.54, 1.807) is 0 Å². The fraction of sp³-hybridized carbons (Fsp3) is 0.333. The van der Waals surface area contributed by atoms with Crippen molar-refractivity contribution >= 4 is 12.2 Å². The van der Waals surface area contributed by atoms with Crippen LogP contribution in [0, 0.1) is 11.6 Å². The third-order valence-electron chi connectivity index (χ3n) is 2.56. The van der Waals surface area contributed by atoms with Crippen LogP contribution < -0.4 is 0 Å². The number of H-pyrrole nitrogens is 2. The standard InChI is InChI=1S/C12H15N3S/c1-3-5-10-14-11(8(2)12(16)15-10)9-6-4-7-13-9/h4,6-7,13H,3,5H2,1-2H3,(H,14,15,16). The van der Waals surface area contributed by atoms with E-state index in [4.69, 9.17) is 12.2 Å². The molecule has 0 aromatic carbocycles. The highest BCUT2D eigenvalue weighted by atomic mass is 32.1. The van der Waals surface area contributed by atoms with E-state index >= 15 is 0 Å². The number of rotatable bonds is 3. The third-order valence-corrected chi connectivity index (χ3v) is 2.95. The first-order chi connectivity index (χ1) is 7.72. The molecule has 0 saturated carbocycles. The normalized spacial score (nSPS) is 10.6. The van der Waals surface area contributed by atoms with Gasteiger partial charge in [0.2, 0.25) is 0 Å². The van der Waals surface area contributed by atoms with Crippen LogP contribution in [0.1, 0.15) is 24.7 Å². The van der Waals surface area contributed by atoms with Gasteiger partial charge < -0.3 is 9.97 Å². The Morgan fingerprint density at radius 2 is 2.25 bits per heavy atom. The van der Waals surface area contributed by atoms with E-state index in [9.17, 15) is 0 Å².